The SMILES string of the molecule is O=C(CCC1CCC1)NC(Cc1ccccc1)C(=O)O. The molecule has 1 aliphatic rings. The number of aliphatic carboxylic acids is 1. The Bertz CT molecular complexity index is 454. The number of carboxylic acid groups (broad SMARTS) is 1. The highest BCUT2D eigenvalue weighted by molar-refractivity contribution is 5.83. The van der Waals surface area contributed by atoms with Crippen LogP contribution in [0, 0.1) is 5.92 Å². The number of carboxylic acids is 1. The van der Waals surface area contributed by atoms with Crippen molar-refractivity contribution in [3.63, 3.8) is 0 Å². The zero-order valence-electron chi connectivity index (χ0n) is 11.5. The van der Waals surface area contributed by atoms with Gasteiger partial charge in [-0.05, 0) is 17.9 Å². The van der Waals surface area contributed by atoms with Gasteiger partial charge < -0.3 is 10.4 Å². The first kappa shape index (κ1) is 14.6. The molecule has 1 aliphatic carbocycles. The summed E-state index contributed by atoms with van der Waals surface area (Å²) in [6, 6.07) is 8.52. The molecule has 1 fully saturated rings. The Morgan fingerprint density at radius 3 is 2.50 bits per heavy atom. The van der Waals surface area contributed by atoms with E-state index < -0.39 is 12.0 Å². The standard InChI is InChI=1S/C16H21NO3/c18-15(10-9-12-7-4-8-12)17-14(16(19)20)11-13-5-2-1-3-6-13/h1-3,5-6,12,14H,4,7-11H2,(H,17,18)(H,19,20). The van der Waals surface area contributed by atoms with Crippen LogP contribution in [-0.4, -0.2) is 23.0 Å². The number of carbonyl (C=O) groups is 2. The highest BCUT2D eigenvalue weighted by Crippen LogP contribution is 2.30. The van der Waals surface area contributed by atoms with Crippen molar-refractivity contribution in [1.29, 1.82) is 0 Å². The first-order chi connectivity index (χ1) is 9.65. The molecule has 4 heteroatoms. The van der Waals surface area contributed by atoms with E-state index in [9.17, 15) is 14.7 Å². The van der Waals surface area contributed by atoms with Crippen LogP contribution in [0.1, 0.15) is 37.7 Å². The maximum Gasteiger partial charge on any atom is 0.326 e. The second kappa shape index (κ2) is 7.08. The van der Waals surface area contributed by atoms with Gasteiger partial charge in [0.1, 0.15) is 6.04 Å². The fourth-order valence-corrected chi connectivity index (χ4v) is 2.43. The Labute approximate surface area is 119 Å². The number of nitrogens with one attached hydrogen (secondary N) is 1. The Kier molecular flexibility index (Phi) is 5.16. The van der Waals surface area contributed by atoms with E-state index in [1.165, 1.54) is 19.3 Å². The third kappa shape index (κ3) is 4.37. The first-order valence-electron chi connectivity index (χ1n) is 7.21. The van der Waals surface area contributed by atoms with Crippen LogP contribution in [0.25, 0.3) is 0 Å². The molecule has 2 N–H and O–H groups in total. The second-order valence-corrected chi connectivity index (χ2v) is 5.48. The summed E-state index contributed by atoms with van der Waals surface area (Å²) in [6.45, 7) is 0. The van der Waals surface area contributed by atoms with Crippen LogP contribution >= 0.6 is 0 Å². The second-order valence-electron chi connectivity index (χ2n) is 5.48. The summed E-state index contributed by atoms with van der Waals surface area (Å²) < 4.78 is 0. The summed E-state index contributed by atoms with van der Waals surface area (Å²) in [5, 5.41) is 11.8. The lowest BCUT2D eigenvalue weighted by atomic mass is 9.82. The predicted molar refractivity (Wildman–Crippen MR) is 76.3 cm³/mol. The van der Waals surface area contributed by atoms with Gasteiger partial charge in [0.15, 0.2) is 0 Å². The molecule has 1 atom stereocenters. The van der Waals surface area contributed by atoms with Crippen molar-refractivity contribution >= 4 is 11.9 Å². The maximum absolute atomic E-state index is 11.8. The third-order valence-electron chi connectivity index (χ3n) is 3.92. The van der Waals surface area contributed by atoms with Crippen LogP contribution in [0.15, 0.2) is 30.3 Å². The minimum Gasteiger partial charge on any atom is -0.480 e. The summed E-state index contributed by atoms with van der Waals surface area (Å²) >= 11 is 0. The maximum atomic E-state index is 11.8. The molecule has 1 unspecified atom stereocenters. The van der Waals surface area contributed by atoms with Gasteiger partial charge in [-0.1, -0.05) is 49.6 Å². The lowest BCUT2D eigenvalue weighted by Crippen LogP contribution is -2.42. The monoisotopic (exact) mass is 275 g/mol. The van der Waals surface area contributed by atoms with E-state index >= 15 is 0 Å². The minimum atomic E-state index is -0.981. The van der Waals surface area contributed by atoms with Gasteiger partial charge in [-0.25, -0.2) is 4.79 Å². The molecule has 0 spiro atoms. The van der Waals surface area contributed by atoms with E-state index in [-0.39, 0.29) is 5.91 Å². The van der Waals surface area contributed by atoms with Gasteiger partial charge in [0.05, 0.1) is 0 Å². The first-order valence-corrected chi connectivity index (χ1v) is 7.21. The largest absolute Gasteiger partial charge is 0.480 e. The van der Waals surface area contributed by atoms with Gasteiger partial charge in [-0.15, -0.1) is 0 Å². The molecule has 1 amide bonds. The quantitative estimate of drug-likeness (QED) is 0.803. The van der Waals surface area contributed by atoms with Gasteiger partial charge in [0.2, 0.25) is 5.91 Å². The minimum absolute atomic E-state index is 0.153. The smallest absolute Gasteiger partial charge is 0.326 e. The van der Waals surface area contributed by atoms with Crippen LogP contribution < -0.4 is 5.32 Å². The summed E-state index contributed by atoms with van der Waals surface area (Å²) in [4.78, 5) is 23.0. The van der Waals surface area contributed by atoms with Crippen molar-refractivity contribution in [2.24, 2.45) is 5.92 Å². The summed E-state index contributed by atoms with van der Waals surface area (Å²) in [5.41, 5.74) is 0.916. The third-order valence-corrected chi connectivity index (χ3v) is 3.92. The van der Waals surface area contributed by atoms with E-state index in [0.29, 0.717) is 18.8 Å². The van der Waals surface area contributed by atoms with E-state index in [2.05, 4.69) is 5.32 Å². The van der Waals surface area contributed by atoms with Crippen LogP contribution in [0.5, 0.6) is 0 Å². The number of benzene rings is 1. The average Bonchev–Trinajstić information content (AvgIpc) is 2.37. The molecule has 1 aromatic rings. The summed E-state index contributed by atoms with van der Waals surface area (Å²) in [5.74, 6) is -0.468. The Balaban J connectivity index is 1.81. The van der Waals surface area contributed by atoms with Crippen molar-refractivity contribution < 1.29 is 14.7 Å². The number of amides is 1. The molecule has 0 heterocycles. The fraction of sp³-hybridized carbons (Fsp3) is 0.500. The molecule has 20 heavy (non-hydrogen) atoms. The lowest BCUT2D eigenvalue weighted by molar-refractivity contribution is -0.141. The van der Waals surface area contributed by atoms with Crippen molar-refractivity contribution in [1.82, 2.24) is 5.32 Å². The molecule has 108 valence electrons. The number of hydrogen-bond donors (Lipinski definition) is 2. The van der Waals surface area contributed by atoms with E-state index in [1.54, 1.807) is 0 Å². The van der Waals surface area contributed by atoms with Gasteiger partial charge in [0, 0.05) is 12.8 Å². The molecule has 4 nitrogen and oxygen atoms in total. The van der Waals surface area contributed by atoms with Crippen LogP contribution in [0.2, 0.25) is 0 Å². The van der Waals surface area contributed by atoms with Gasteiger partial charge in [-0.2, -0.15) is 0 Å². The molecule has 0 bridgehead atoms. The highest BCUT2D eigenvalue weighted by Gasteiger charge is 2.22. The van der Waals surface area contributed by atoms with Gasteiger partial charge in [0.25, 0.3) is 0 Å². The molecule has 1 aromatic carbocycles. The summed E-state index contributed by atoms with van der Waals surface area (Å²) in [6.07, 6.45) is 5.31. The van der Waals surface area contributed by atoms with E-state index in [1.807, 2.05) is 30.3 Å². The molecular weight excluding hydrogens is 254 g/mol. The van der Waals surface area contributed by atoms with Crippen LogP contribution in [0.4, 0.5) is 0 Å². The van der Waals surface area contributed by atoms with Crippen LogP contribution in [0.3, 0.4) is 0 Å². The predicted octanol–water partition coefficient (Wildman–Crippen LogP) is 2.38. The van der Waals surface area contributed by atoms with Gasteiger partial charge >= 0.3 is 5.97 Å². The lowest BCUT2D eigenvalue weighted by Gasteiger charge is -2.25. The fourth-order valence-electron chi connectivity index (χ4n) is 2.43. The molecule has 2 rings (SSSR count). The molecular formula is C16H21NO3. The number of carbonyl (C=O) groups excluding carboxylic acids is 1. The topological polar surface area (TPSA) is 66.4 Å². The Morgan fingerprint density at radius 2 is 1.95 bits per heavy atom. The number of hydrogen-bond acceptors (Lipinski definition) is 2. The molecule has 0 saturated heterocycles. The van der Waals surface area contributed by atoms with Crippen molar-refractivity contribution in [3.05, 3.63) is 35.9 Å². The van der Waals surface area contributed by atoms with Crippen molar-refractivity contribution in [3.8, 4) is 0 Å². The zero-order valence-corrected chi connectivity index (χ0v) is 11.5. The van der Waals surface area contributed by atoms with E-state index in [4.69, 9.17) is 0 Å². The molecule has 0 aromatic heterocycles. The summed E-state index contributed by atoms with van der Waals surface area (Å²) in [7, 11) is 0. The van der Waals surface area contributed by atoms with Gasteiger partial charge in [-0.3, -0.25) is 4.79 Å². The van der Waals surface area contributed by atoms with Crippen molar-refractivity contribution in [2.45, 2.75) is 44.6 Å². The molecule has 1 saturated carbocycles. The Hall–Kier alpha value is -1.84. The molecule has 0 radical (unpaired) electrons. The Morgan fingerprint density at radius 1 is 1.25 bits per heavy atom. The van der Waals surface area contributed by atoms with Crippen molar-refractivity contribution in [2.75, 3.05) is 0 Å². The highest BCUT2D eigenvalue weighted by atomic mass is 16.4. The normalized spacial score (nSPS) is 16.2. The number of rotatable bonds is 7. The van der Waals surface area contributed by atoms with E-state index in [0.717, 1.165) is 12.0 Å². The average molecular weight is 275 g/mol. The van der Waals surface area contributed by atoms with Crippen LogP contribution in [-0.2, 0) is 16.0 Å². The molecule has 0 aliphatic heterocycles. The zero-order chi connectivity index (χ0) is 14.4.